The summed E-state index contributed by atoms with van der Waals surface area (Å²) in [6.45, 7) is 5.38. The Hall–Kier alpha value is -3.36. The third-order valence-electron chi connectivity index (χ3n) is 5.47. The van der Waals surface area contributed by atoms with Crippen LogP contribution in [0.1, 0.15) is 38.8 Å². The minimum absolute atomic E-state index is 0.0596. The van der Waals surface area contributed by atoms with Gasteiger partial charge in [0.05, 0.1) is 35.9 Å². The van der Waals surface area contributed by atoms with Crippen molar-refractivity contribution in [1.82, 2.24) is 15.5 Å². The van der Waals surface area contributed by atoms with Crippen molar-refractivity contribution in [1.29, 1.82) is 0 Å². The minimum atomic E-state index is -0.611. The Labute approximate surface area is 180 Å². The summed E-state index contributed by atoms with van der Waals surface area (Å²) in [6, 6.07) is 8.35. The molecule has 1 fully saturated rings. The summed E-state index contributed by atoms with van der Waals surface area (Å²) < 4.78 is 10.4. The molecule has 0 aromatic heterocycles. The highest BCUT2D eigenvalue weighted by Gasteiger charge is 2.38. The third-order valence-corrected chi connectivity index (χ3v) is 5.47. The van der Waals surface area contributed by atoms with Crippen molar-refractivity contribution in [3.8, 4) is 0 Å². The Kier molecular flexibility index (Phi) is 6.94. The SMILES string of the molecule is CCOC(=O)C1=C(COC(=O)[C@@H]2CC(=O)N([C@@H](C)c3ccccc3)C2)NC(=O)N[C@H]1C. The molecule has 1 saturated heterocycles. The van der Waals surface area contributed by atoms with Crippen LogP contribution in [0, 0.1) is 5.92 Å². The second-order valence-corrected chi connectivity index (χ2v) is 7.57. The molecule has 2 N–H and O–H groups in total. The van der Waals surface area contributed by atoms with E-state index < -0.39 is 29.9 Å². The quantitative estimate of drug-likeness (QED) is 0.637. The number of esters is 2. The van der Waals surface area contributed by atoms with Gasteiger partial charge in [-0.2, -0.15) is 0 Å². The second kappa shape index (κ2) is 9.63. The van der Waals surface area contributed by atoms with Crippen molar-refractivity contribution in [2.75, 3.05) is 19.8 Å². The largest absolute Gasteiger partial charge is 0.463 e. The molecule has 0 unspecified atom stereocenters. The van der Waals surface area contributed by atoms with Gasteiger partial charge in [0.1, 0.15) is 6.61 Å². The fourth-order valence-corrected chi connectivity index (χ4v) is 3.83. The maximum atomic E-state index is 12.6. The molecule has 1 aromatic carbocycles. The summed E-state index contributed by atoms with van der Waals surface area (Å²) in [5.74, 6) is -1.87. The topological polar surface area (TPSA) is 114 Å². The minimum Gasteiger partial charge on any atom is -0.463 e. The first-order valence-corrected chi connectivity index (χ1v) is 10.3. The molecule has 0 bridgehead atoms. The van der Waals surface area contributed by atoms with E-state index in [1.165, 1.54) is 0 Å². The number of hydrogen-bond donors (Lipinski definition) is 2. The Bertz CT molecular complexity index is 898. The summed E-state index contributed by atoms with van der Waals surface area (Å²) >= 11 is 0. The highest BCUT2D eigenvalue weighted by molar-refractivity contribution is 5.95. The van der Waals surface area contributed by atoms with E-state index in [0.717, 1.165) is 5.56 Å². The fourth-order valence-electron chi connectivity index (χ4n) is 3.83. The van der Waals surface area contributed by atoms with Gasteiger partial charge in [-0.1, -0.05) is 30.3 Å². The van der Waals surface area contributed by atoms with E-state index in [4.69, 9.17) is 9.47 Å². The van der Waals surface area contributed by atoms with Crippen LogP contribution in [-0.2, 0) is 23.9 Å². The van der Waals surface area contributed by atoms with E-state index in [1.807, 2.05) is 37.3 Å². The van der Waals surface area contributed by atoms with Crippen molar-refractivity contribution < 1.29 is 28.7 Å². The van der Waals surface area contributed by atoms with Crippen molar-refractivity contribution >= 4 is 23.9 Å². The van der Waals surface area contributed by atoms with Crippen molar-refractivity contribution in [3.05, 3.63) is 47.2 Å². The van der Waals surface area contributed by atoms with E-state index in [0.29, 0.717) is 0 Å². The lowest BCUT2D eigenvalue weighted by Crippen LogP contribution is -2.50. The monoisotopic (exact) mass is 429 g/mol. The van der Waals surface area contributed by atoms with E-state index >= 15 is 0 Å². The molecule has 3 atom stereocenters. The maximum absolute atomic E-state index is 12.6. The molecule has 2 aliphatic rings. The van der Waals surface area contributed by atoms with Crippen LogP contribution in [0.4, 0.5) is 4.79 Å². The van der Waals surface area contributed by atoms with Crippen LogP contribution in [0.25, 0.3) is 0 Å². The molecule has 31 heavy (non-hydrogen) atoms. The molecule has 0 aliphatic carbocycles. The summed E-state index contributed by atoms with van der Waals surface area (Å²) in [4.78, 5) is 50.9. The van der Waals surface area contributed by atoms with Gasteiger partial charge in [0, 0.05) is 13.0 Å². The molecule has 1 aromatic rings. The van der Waals surface area contributed by atoms with Crippen molar-refractivity contribution in [2.45, 2.75) is 39.3 Å². The van der Waals surface area contributed by atoms with Crippen LogP contribution in [0.3, 0.4) is 0 Å². The molecule has 166 valence electrons. The summed E-state index contributed by atoms with van der Waals surface area (Å²) in [5.41, 5.74) is 1.37. The summed E-state index contributed by atoms with van der Waals surface area (Å²) in [5, 5.41) is 5.09. The number of ether oxygens (including phenoxy) is 2. The number of amides is 3. The number of urea groups is 1. The number of carbonyl (C=O) groups excluding carboxylic acids is 4. The van der Waals surface area contributed by atoms with Gasteiger partial charge in [0.25, 0.3) is 0 Å². The smallest absolute Gasteiger partial charge is 0.338 e. The summed E-state index contributed by atoms with van der Waals surface area (Å²) in [7, 11) is 0. The van der Waals surface area contributed by atoms with Crippen LogP contribution >= 0.6 is 0 Å². The molecule has 2 aliphatic heterocycles. The maximum Gasteiger partial charge on any atom is 0.338 e. The van der Waals surface area contributed by atoms with Gasteiger partial charge in [-0.25, -0.2) is 9.59 Å². The molecule has 3 rings (SSSR count). The molecule has 3 amide bonds. The van der Waals surface area contributed by atoms with E-state index in [-0.39, 0.29) is 49.4 Å². The van der Waals surface area contributed by atoms with Gasteiger partial charge in [0.2, 0.25) is 5.91 Å². The van der Waals surface area contributed by atoms with Gasteiger partial charge < -0.3 is 25.0 Å². The lowest BCUT2D eigenvalue weighted by molar-refractivity contribution is -0.148. The Morgan fingerprint density at radius 1 is 1.19 bits per heavy atom. The van der Waals surface area contributed by atoms with Crippen LogP contribution in [0.15, 0.2) is 41.6 Å². The van der Waals surface area contributed by atoms with E-state index in [9.17, 15) is 19.2 Å². The Morgan fingerprint density at radius 3 is 2.58 bits per heavy atom. The zero-order chi connectivity index (χ0) is 22.5. The van der Waals surface area contributed by atoms with E-state index in [2.05, 4.69) is 10.6 Å². The number of nitrogens with zero attached hydrogens (tertiary/aromatic N) is 1. The number of rotatable bonds is 7. The van der Waals surface area contributed by atoms with Crippen LogP contribution in [0.2, 0.25) is 0 Å². The molecule has 2 heterocycles. The highest BCUT2D eigenvalue weighted by atomic mass is 16.5. The lowest BCUT2D eigenvalue weighted by Gasteiger charge is -2.27. The number of nitrogens with one attached hydrogen (secondary N) is 2. The number of benzene rings is 1. The van der Waals surface area contributed by atoms with Crippen LogP contribution in [0.5, 0.6) is 0 Å². The molecule has 0 spiro atoms. The van der Waals surface area contributed by atoms with Gasteiger partial charge >= 0.3 is 18.0 Å². The summed E-state index contributed by atoms with van der Waals surface area (Å²) in [6.07, 6.45) is 0.0596. The Balaban J connectivity index is 1.66. The van der Waals surface area contributed by atoms with Gasteiger partial charge in [-0.05, 0) is 26.3 Å². The average molecular weight is 429 g/mol. The molecular weight excluding hydrogens is 402 g/mol. The zero-order valence-electron chi connectivity index (χ0n) is 17.8. The second-order valence-electron chi connectivity index (χ2n) is 7.57. The molecule has 0 saturated carbocycles. The molecule has 9 heteroatoms. The standard InChI is InChI=1S/C22H27N3O6/c1-4-30-21(28)19-13(2)23-22(29)24-17(19)12-31-20(27)16-10-18(26)25(11-16)14(3)15-8-6-5-7-9-15/h5-9,13-14,16H,4,10-12H2,1-3H3,(H2,23,24,29)/t13-,14-,16+/m0/s1. The predicted molar refractivity (Wildman–Crippen MR) is 110 cm³/mol. The number of carbonyl (C=O) groups is 4. The Morgan fingerprint density at radius 2 is 1.90 bits per heavy atom. The first kappa shape index (κ1) is 22.3. The van der Waals surface area contributed by atoms with Gasteiger partial charge in [-0.15, -0.1) is 0 Å². The van der Waals surface area contributed by atoms with Crippen LogP contribution in [-0.4, -0.2) is 54.6 Å². The lowest BCUT2D eigenvalue weighted by atomic mass is 10.0. The van der Waals surface area contributed by atoms with Crippen molar-refractivity contribution in [3.63, 3.8) is 0 Å². The predicted octanol–water partition coefficient (Wildman–Crippen LogP) is 1.66. The average Bonchev–Trinajstić information content (AvgIpc) is 3.13. The molecule has 9 nitrogen and oxygen atoms in total. The first-order chi connectivity index (χ1) is 14.8. The van der Waals surface area contributed by atoms with E-state index in [1.54, 1.807) is 18.7 Å². The molecule has 0 radical (unpaired) electrons. The number of hydrogen-bond acceptors (Lipinski definition) is 6. The highest BCUT2D eigenvalue weighted by Crippen LogP contribution is 2.29. The molecular formula is C22H27N3O6. The fraction of sp³-hybridized carbons (Fsp3) is 0.455. The van der Waals surface area contributed by atoms with Gasteiger partial charge in [-0.3, -0.25) is 9.59 Å². The zero-order valence-corrected chi connectivity index (χ0v) is 17.8. The first-order valence-electron chi connectivity index (χ1n) is 10.3. The van der Waals surface area contributed by atoms with Gasteiger partial charge in [0.15, 0.2) is 0 Å². The van der Waals surface area contributed by atoms with Crippen molar-refractivity contribution in [2.24, 2.45) is 5.92 Å². The third kappa shape index (κ3) is 5.04. The normalized spacial score (nSPS) is 22.0. The van der Waals surface area contributed by atoms with Crippen LogP contribution < -0.4 is 10.6 Å². The number of likely N-dealkylation sites (tertiary alicyclic amines) is 1.